The smallest absolute Gasteiger partial charge is 0.156 e. The Balaban J connectivity index is 1.39. The van der Waals surface area contributed by atoms with Gasteiger partial charge in [-0.05, 0) is 103 Å². The molecule has 1 saturated heterocycles. The Bertz CT molecular complexity index is 1250. The first-order valence-corrected chi connectivity index (χ1v) is 15.3. The highest BCUT2D eigenvalue weighted by atomic mass is 16.2. The van der Waals surface area contributed by atoms with Crippen molar-refractivity contribution in [3.8, 4) is 11.8 Å². The summed E-state index contributed by atoms with van der Waals surface area (Å²) in [6, 6.07) is 9.36. The van der Waals surface area contributed by atoms with Gasteiger partial charge < -0.3 is 10.0 Å². The molecule has 4 aliphatic carbocycles. The number of allylic oxidation sites excluding steroid dienone is 4. The minimum Gasteiger partial charge on any atom is -0.384 e. The van der Waals surface area contributed by atoms with Gasteiger partial charge in [0, 0.05) is 49.9 Å². The molecule has 6 atom stereocenters. The highest BCUT2D eigenvalue weighted by Crippen LogP contribution is 2.66. The molecule has 0 spiro atoms. The van der Waals surface area contributed by atoms with Gasteiger partial charge in [-0.2, -0.15) is 0 Å². The van der Waals surface area contributed by atoms with Crippen molar-refractivity contribution in [3.05, 3.63) is 52.6 Å². The largest absolute Gasteiger partial charge is 0.384 e. The van der Waals surface area contributed by atoms with Crippen LogP contribution in [-0.2, 0) is 9.59 Å². The Kier molecular flexibility index (Phi) is 7.32. The lowest BCUT2D eigenvalue weighted by Gasteiger charge is -2.53. The summed E-state index contributed by atoms with van der Waals surface area (Å²) in [5, 5.41) is 8.99. The average molecular weight is 526 g/mol. The maximum absolute atomic E-state index is 13.6. The predicted molar refractivity (Wildman–Crippen MR) is 155 cm³/mol. The second-order valence-electron chi connectivity index (χ2n) is 13.0. The lowest BCUT2D eigenvalue weighted by atomic mass is 9.50. The van der Waals surface area contributed by atoms with Crippen LogP contribution in [0.1, 0.15) is 89.5 Å². The van der Waals surface area contributed by atoms with Crippen LogP contribution in [0.25, 0.3) is 0 Å². The van der Waals surface area contributed by atoms with E-state index in [1.807, 2.05) is 6.08 Å². The van der Waals surface area contributed by atoms with Gasteiger partial charge in [-0.1, -0.05) is 37.5 Å². The number of fused-ring (bicyclic) bond motifs is 4. The molecule has 1 aromatic carbocycles. The number of rotatable bonds is 5. The van der Waals surface area contributed by atoms with Crippen molar-refractivity contribution in [1.82, 2.24) is 0 Å². The quantitative estimate of drug-likeness (QED) is 0.453. The van der Waals surface area contributed by atoms with Gasteiger partial charge in [-0.3, -0.25) is 9.59 Å². The van der Waals surface area contributed by atoms with Gasteiger partial charge in [0.1, 0.15) is 12.4 Å². The Morgan fingerprint density at radius 2 is 1.87 bits per heavy atom. The first kappa shape index (κ1) is 26.6. The number of carbonyl (C=O) groups is 2. The molecule has 4 nitrogen and oxygen atoms in total. The molecule has 0 amide bonds. The summed E-state index contributed by atoms with van der Waals surface area (Å²) >= 11 is 0. The average Bonchev–Trinajstić information content (AvgIpc) is 3.59. The van der Waals surface area contributed by atoms with E-state index in [-0.39, 0.29) is 23.7 Å². The Morgan fingerprint density at radius 3 is 2.62 bits per heavy atom. The molecular formula is C35H43NO3. The number of Topliss-reactive ketones (excluding diaryl/α,β-unsaturated/α-hetero) is 1. The van der Waals surface area contributed by atoms with Gasteiger partial charge in [0.15, 0.2) is 5.78 Å². The molecule has 0 bridgehead atoms. The third-order valence-electron chi connectivity index (χ3n) is 10.9. The molecule has 1 aliphatic heterocycles. The van der Waals surface area contributed by atoms with Crippen LogP contribution in [0, 0.1) is 40.9 Å². The molecule has 1 N–H and O–H groups in total. The molecule has 39 heavy (non-hydrogen) atoms. The van der Waals surface area contributed by atoms with E-state index in [4.69, 9.17) is 5.11 Å². The molecule has 5 aliphatic rings. The molecule has 6 rings (SSSR count). The molecule has 2 saturated carbocycles. The number of carbonyl (C=O) groups excluding carboxylic acids is 2. The molecule has 0 aromatic heterocycles. The van der Waals surface area contributed by atoms with Gasteiger partial charge in [0.25, 0.3) is 0 Å². The summed E-state index contributed by atoms with van der Waals surface area (Å²) in [5.74, 6) is 8.06. The van der Waals surface area contributed by atoms with E-state index in [1.165, 1.54) is 35.2 Å². The summed E-state index contributed by atoms with van der Waals surface area (Å²) in [4.78, 5) is 28.5. The van der Waals surface area contributed by atoms with Crippen molar-refractivity contribution in [2.45, 2.75) is 84.0 Å². The van der Waals surface area contributed by atoms with E-state index in [0.29, 0.717) is 48.7 Å². The van der Waals surface area contributed by atoms with E-state index in [1.54, 1.807) is 5.57 Å². The highest BCUT2D eigenvalue weighted by Gasteiger charge is 2.58. The van der Waals surface area contributed by atoms with Crippen LogP contribution in [0.5, 0.6) is 0 Å². The standard InChI is InChI=1S/C35H43NO3/c1-23-20-29-31-15-16-32(33(39)8-4-3-7-19-37)35(31,2)22-30(34(29)27-14-13-26(38)21-28(23)27)24-9-11-25(12-10-24)36-17-5-6-18-36/h9-12,21,23,29-32,37H,4-6,8,13-20,22H2,1-2H3/t23?,29-,30+,31-,32+,35-/m0/s1. The molecule has 1 unspecified atom stereocenters. The van der Waals surface area contributed by atoms with Gasteiger partial charge >= 0.3 is 0 Å². The zero-order valence-corrected chi connectivity index (χ0v) is 23.7. The lowest BCUT2D eigenvalue weighted by Crippen LogP contribution is -2.45. The molecule has 206 valence electrons. The second kappa shape index (κ2) is 10.7. The van der Waals surface area contributed by atoms with Crippen LogP contribution < -0.4 is 4.90 Å². The number of nitrogens with zero attached hydrogens (tertiary/aromatic N) is 1. The predicted octanol–water partition coefficient (Wildman–Crippen LogP) is 6.39. The van der Waals surface area contributed by atoms with Gasteiger partial charge in [0.05, 0.1) is 0 Å². The number of hydrogen-bond acceptors (Lipinski definition) is 4. The van der Waals surface area contributed by atoms with Crippen molar-refractivity contribution in [3.63, 3.8) is 0 Å². The number of anilines is 1. The molecular weight excluding hydrogens is 482 g/mol. The summed E-state index contributed by atoms with van der Waals surface area (Å²) in [7, 11) is 0. The summed E-state index contributed by atoms with van der Waals surface area (Å²) in [6.45, 7) is 6.87. The monoisotopic (exact) mass is 525 g/mol. The first-order chi connectivity index (χ1) is 18.9. The normalized spacial score (nSPS) is 33.6. The Hall–Kier alpha value is -2.64. The Labute approximate surface area is 233 Å². The fourth-order valence-corrected chi connectivity index (χ4v) is 9.18. The number of aliphatic hydroxyl groups excluding tert-OH is 1. The van der Waals surface area contributed by atoms with Crippen LogP contribution >= 0.6 is 0 Å². The molecule has 3 fully saturated rings. The minimum absolute atomic E-state index is 0.0278. The van der Waals surface area contributed by atoms with Crippen LogP contribution in [-0.4, -0.2) is 36.4 Å². The van der Waals surface area contributed by atoms with Gasteiger partial charge in [0.2, 0.25) is 0 Å². The molecule has 1 heterocycles. The molecule has 0 radical (unpaired) electrons. The minimum atomic E-state index is -0.144. The summed E-state index contributed by atoms with van der Waals surface area (Å²) in [5.41, 5.74) is 7.05. The van der Waals surface area contributed by atoms with Crippen LogP contribution in [0.2, 0.25) is 0 Å². The number of benzene rings is 1. The number of ketones is 2. The molecule has 4 heteroatoms. The SMILES string of the molecule is CC1C[C@@H]2C(=C3CCC(=O)C=C31)[C@@H](c1ccc(N3CCCC3)cc1)C[C@]1(C)[C@@H](C(=O)CCC#CCO)CC[C@@H]21. The van der Waals surface area contributed by atoms with E-state index < -0.39 is 0 Å². The maximum atomic E-state index is 13.6. The lowest BCUT2D eigenvalue weighted by molar-refractivity contribution is -0.127. The van der Waals surface area contributed by atoms with Gasteiger partial charge in [-0.25, -0.2) is 0 Å². The van der Waals surface area contributed by atoms with Crippen molar-refractivity contribution in [2.24, 2.45) is 29.1 Å². The van der Waals surface area contributed by atoms with Gasteiger partial charge in [-0.15, -0.1) is 5.92 Å². The number of hydrogen-bond donors (Lipinski definition) is 1. The Morgan fingerprint density at radius 1 is 1.10 bits per heavy atom. The van der Waals surface area contributed by atoms with E-state index in [0.717, 1.165) is 45.2 Å². The maximum Gasteiger partial charge on any atom is 0.156 e. The summed E-state index contributed by atoms with van der Waals surface area (Å²) < 4.78 is 0. The van der Waals surface area contributed by atoms with Crippen LogP contribution in [0.4, 0.5) is 5.69 Å². The van der Waals surface area contributed by atoms with Crippen LogP contribution in [0.15, 0.2) is 47.1 Å². The fraction of sp³-hybridized carbons (Fsp3) is 0.600. The van der Waals surface area contributed by atoms with E-state index >= 15 is 0 Å². The fourth-order valence-electron chi connectivity index (χ4n) is 9.18. The number of aliphatic hydroxyl groups is 1. The third-order valence-corrected chi connectivity index (χ3v) is 10.9. The third kappa shape index (κ3) is 4.71. The highest BCUT2D eigenvalue weighted by molar-refractivity contribution is 5.93. The summed E-state index contributed by atoms with van der Waals surface area (Å²) in [6.07, 6.45) is 11.2. The van der Waals surface area contributed by atoms with Crippen molar-refractivity contribution >= 4 is 17.3 Å². The zero-order chi connectivity index (χ0) is 27.1. The van der Waals surface area contributed by atoms with Crippen LogP contribution in [0.3, 0.4) is 0 Å². The van der Waals surface area contributed by atoms with E-state index in [9.17, 15) is 9.59 Å². The van der Waals surface area contributed by atoms with Crippen molar-refractivity contribution < 1.29 is 14.7 Å². The second-order valence-corrected chi connectivity index (χ2v) is 13.0. The zero-order valence-electron chi connectivity index (χ0n) is 23.7. The van der Waals surface area contributed by atoms with Crippen molar-refractivity contribution in [1.29, 1.82) is 0 Å². The van der Waals surface area contributed by atoms with Crippen molar-refractivity contribution in [2.75, 3.05) is 24.6 Å². The first-order valence-electron chi connectivity index (χ1n) is 15.3. The topological polar surface area (TPSA) is 57.6 Å². The van der Waals surface area contributed by atoms with E-state index in [2.05, 4.69) is 54.9 Å². The molecule has 1 aromatic rings.